The Morgan fingerprint density at radius 3 is 2.82 bits per heavy atom. The van der Waals surface area contributed by atoms with E-state index in [2.05, 4.69) is 20.4 Å². The smallest absolute Gasteiger partial charge is 0.268 e. The highest BCUT2D eigenvalue weighted by molar-refractivity contribution is 6.21. The summed E-state index contributed by atoms with van der Waals surface area (Å²) in [5, 5.41) is 22.1. The number of nitrogens with one attached hydrogen (secondary N) is 3. The van der Waals surface area contributed by atoms with E-state index in [0.717, 1.165) is 15.8 Å². The number of amides is 1. The predicted molar refractivity (Wildman–Crippen MR) is 82.8 cm³/mol. The van der Waals surface area contributed by atoms with Gasteiger partial charge in [0.05, 0.1) is 29.2 Å². The van der Waals surface area contributed by atoms with Gasteiger partial charge in [0.2, 0.25) is 0 Å². The summed E-state index contributed by atoms with van der Waals surface area (Å²) in [5.74, 6) is -0.746. The van der Waals surface area contributed by atoms with Crippen LogP contribution in [-0.4, -0.2) is 32.3 Å². The number of aromatic nitrogens is 4. The van der Waals surface area contributed by atoms with E-state index in [9.17, 15) is 4.79 Å². The van der Waals surface area contributed by atoms with E-state index >= 15 is 0 Å². The highest BCUT2D eigenvalue weighted by Gasteiger charge is 2.24. The molecule has 2 heterocycles. The summed E-state index contributed by atoms with van der Waals surface area (Å²) in [4.78, 5) is 13.9. The molecule has 0 aliphatic rings. The molecule has 0 unspecified atom stereocenters. The van der Waals surface area contributed by atoms with Gasteiger partial charge in [0.1, 0.15) is 0 Å². The van der Waals surface area contributed by atoms with Gasteiger partial charge in [-0.05, 0) is 24.6 Å². The number of aryl methyl sites for hydroxylation is 1. The Morgan fingerprint density at radius 1 is 1.32 bits per heavy atom. The van der Waals surface area contributed by atoms with Gasteiger partial charge in [0, 0.05) is 11.1 Å². The van der Waals surface area contributed by atoms with E-state index in [1.54, 1.807) is 18.3 Å². The molecule has 0 saturated heterocycles. The maximum atomic E-state index is 12.7. The van der Waals surface area contributed by atoms with Crippen LogP contribution < -0.4 is 10.6 Å². The third-order valence-electron chi connectivity index (χ3n) is 3.43. The van der Waals surface area contributed by atoms with Crippen molar-refractivity contribution in [2.75, 3.05) is 4.90 Å². The number of hydrogen-bond acceptors (Lipinski definition) is 4. The van der Waals surface area contributed by atoms with E-state index < -0.39 is 5.91 Å². The number of hydrogen-bond donors (Lipinski definition) is 4. The van der Waals surface area contributed by atoms with Crippen molar-refractivity contribution in [2.24, 2.45) is 5.73 Å². The van der Waals surface area contributed by atoms with Crippen LogP contribution in [0.2, 0.25) is 0 Å². The van der Waals surface area contributed by atoms with Crippen LogP contribution in [0.4, 0.5) is 5.69 Å². The second-order valence-corrected chi connectivity index (χ2v) is 4.78. The van der Waals surface area contributed by atoms with E-state index in [0.29, 0.717) is 23.4 Å². The predicted octanol–water partition coefficient (Wildman–Crippen LogP) is 1.39. The summed E-state index contributed by atoms with van der Waals surface area (Å²) >= 11 is 0. The van der Waals surface area contributed by atoms with Crippen molar-refractivity contribution < 1.29 is 4.79 Å². The van der Waals surface area contributed by atoms with Crippen molar-refractivity contribution in [3.8, 4) is 0 Å². The lowest BCUT2D eigenvalue weighted by Crippen LogP contribution is -2.41. The molecule has 0 saturated carbocycles. The molecule has 1 aromatic carbocycles. The Kier molecular flexibility index (Phi) is 3.34. The average molecular weight is 297 g/mol. The molecule has 0 fully saturated rings. The number of benzene rings is 1. The van der Waals surface area contributed by atoms with Gasteiger partial charge in [-0.25, -0.2) is 4.90 Å². The minimum Gasteiger partial charge on any atom is -0.369 e. The van der Waals surface area contributed by atoms with Gasteiger partial charge in [0.25, 0.3) is 5.91 Å². The molecule has 2 aromatic heterocycles. The van der Waals surface area contributed by atoms with Crippen molar-refractivity contribution >= 4 is 28.5 Å². The zero-order chi connectivity index (χ0) is 15.7. The standard InChI is InChI=1S/C14H15N7O/c1-2-11-10(7-18-19-11)13(22)21(14(15)16)9-4-3-8-6-17-20-12(8)5-9/h3-7H,2H2,1H3,(H3,15,16)(H,17,20)(H,18,19). The third-order valence-corrected chi connectivity index (χ3v) is 3.43. The van der Waals surface area contributed by atoms with Crippen LogP contribution in [0, 0.1) is 5.41 Å². The van der Waals surface area contributed by atoms with E-state index in [-0.39, 0.29) is 5.96 Å². The number of carbonyl (C=O) groups is 1. The first-order valence-electron chi connectivity index (χ1n) is 6.75. The van der Waals surface area contributed by atoms with Crippen molar-refractivity contribution in [3.63, 3.8) is 0 Å². The SMILES string of the molecule is CCc1[nH]ncc1C(=O)N(C(=N)N)c1ccc2cn[nH]c2c1. The van der Waals surface area contributed by atoms with Crippen LogP contribution in [0.1, 0.15) is 23.0 Å². The van der Waals surface area contributed by atoms with Crippen molar-refractivity contribution in [3.05, 3.63) is 41.9 Å². The minimum atomic E-state index is -0.392. The molecule has 8 nitrogen and oxygen atoms in total. The Bertz CT molecular complexity index is 848. The van der Waals surface area contributed by atoms with E-state index in [1.807, 2.05) is 13.0 Å². The van der Waals surface area contributed by atoms with Crippen LogP contribution in [0.5, 0.6) is 0 Å². The summed E-state index contributed by atoms with van der Waals surface area (Å²) in [6.45, 7) is 1.92. The molecule has 0 aliphatic heterocycles. The number of H-pyrrole nitrogens is 2. The van der Waals surface area contributed by atoms with Gasteiger partial charge >= 0.3 is 0 Å². The van der Waals surface area contributed by atoms with Crippen LogP contribution in [0.25, 0.3) is 10.9 Å². The van der Waals surface area contributed by atoms with Gasteiger partial charge in [0.15, 0.2) is 5.96 Å². The lowest BCUT2D eigenvalue weighted by atomic mass is 10.1. The highest BCUT2D eigenvalue weighted by Crippen LogP contribution is 2.22. The summed E-state index contributed by atoms with van der Waals surface area (Å²) in [7, 11) is 0. The summed E-state index contributed by atoms with van der Waals surface area (Å²) in [5.41, 5.74) is 7.99. The molecule has 0 radical (unpaired) electrons. The number of nitrogens with zero attached hydrogens (tertiary/aromatic N) is 3. The Morgan fingerprint density at radius 2 is 2.09 bits per heavy atom. The fourth-order valence-corrected chi connectivity index (χ4v) is 2.32. The molecule has 3 rings (SSSR count). The zero-order valence-electron chi connectivity index (χ0n) is 11.9. The number of fused-ring (bicyclic) bond motifs is 1. The Hall–Kier alpha value is -3.16. The first-order chi connectivity index (χ1) is 10.6. The number of guanidine groups is 1. The molecule has 5 N–H and O–H groups in total. The summed E-state index contributed by atoms with van der Waals surface area (Å²) in [6, 6.07) is 5.27. The van der Waals surface area contributed by atoms with Gasteiger partial charge < -0.3 is 5.73 Å². The van der Waals surface area contributed by atoms with Crippen molar-refractivity contribution in [2.45, 2.75) is 13.3 Å². The van der Waals surface area contributed by atoms with Gasteiger partial charge in [-0.3, -0.25) is 20.4 Å². The minimum absolute atomic E-state index is 0.355. The number of nitrogens with two attached hydrogens (primary N) is 1. The zero-order valence-corrected chi connectivity index (χ0v) is 11.9. The molecular weight excluding hydrogens is 282 g/mol. The molecule has 8 heteroatoms. The topological polar surface area (TPSA) is 128 Å². The first kappa shape index (κ1) is 13.8. The second kappa shape index (κ2) is 5.32. The number of aromatic amines is 2. The van der Waals surface area contributed by atoms with Crippen LogP contribution >= 0.6 is 0 Å². The average Bonchev–Trinajstić information content (AvgIpc) is 3.15. The fourth-order valence-electron chi connectivity index (χ4n) is 2.32. The lowest BCUT2D eigenvalue weighted by molar-refractivity contribution is 0.100. The third kappa shape index (κ3) is 2.20. The molecule has 0 atom stereocenters. The molecule has 1 amide bonds. The highest BCUT2D eigenvalue weighted by atomic mass is 16.2. The number of rotatable bonds is 3. The van der Waals surface area contributed by atoms with E-state index in [1.165, 1.54) is 6.20 Å². The molecular formula is C14H15N7O. The van der Waals surface area contributed by atoms with E-state index in [4.69, 9.17) is 11.1 Å². The van der Waals surface area contributed by atoms with Crippen molar-refractivity contribution in [1.82, 2.24) is 20.4 Å². The second-order valence-electron chi connectivity index (χ2n) is 4.78. The van der Waals surface area contributed by atoms with Gasteiger partial charge in [-0.1, -0.05) is 6.92 Å². The largest absolute Gasteiger partial charge is 0.369 e. The molecule has 0 bridgehead atoms. The van der Waals surface area contributed by atoms with Crippen LogP contribution in [-0.2, 0) is 6.42 Å². The molecule has 0 aliphatic carbocycles. The normalized spacial score (nSPS) is 10.8. The molecule has 22 heavy (non-hydrogen) atoms. The quantitative estimate of drug-likeness (QED) is 0.430. The number of carbonyl (C=O) groups excluding carboxylic acids is 1. The molecule has 3 aromatic rings. The molecule has 112 valence electrons. The summed E-state index contributed by atoms with van der Waals surface area (Å²) in [6.07, 6.45) is 3.77. The fraction of sp³-hybridized carbons (Fsp3) is 0.143. The maximum Gasteiger partial charge on any atom is 0.268 e. The number of anilines is 1. The maximum absolute atomic E-state index is 12.7. The first-order valence-corrected chi connectivity index (χ1v) is 6.75. The van der Waals surface area contributed by atoms with Crippen LogP contribution in [0.3, 0.4) is 0 Å². The lowest BCUT2D eigenvalue weighted by Gasteiger charge is -2.20. The molecule has 0 spiro atoms. The van der Waals surface area contributed by atoms with Crippen LogP contribution in [0.15, 0.2) is 30.6 Å². The van der Waals surface area contributed by atoms with Gasteiger partial charge in [-0.2, -0.15) is 10.2 Å². The van der Waals surface area contributed by atoms with Gasteiger partial charge in [-0.15, -0.1) is 0 Å². The Labute approximate surface area is 125 Å². The monoisotopic (exact) mass is 297 g/mol. The summed E-state index contributed by atoms with van der Waals surface area (Å²) < 4.78 is 0. The Balaban J connectivity index is 2.05. The van der Waals surface area contributed by atoms with Crippen molar-refractivity contribution in [1.29, 1.82) is 5.41 Å².